The van der Waals surface area contributed by atoms with Crippen LogP contribution >= 0.6 is 0 Å². The number of nitrogens with two attached hydrogens (primary N) is 4. The maximum atomic E-state index is 10.1. The van der Waals surface area contributed by atoms with Crippen molar-refractivity contribution in [3.63, 3.8) is 0 Å². The van der Waals surface area contributed by atoms with E-state index >= 15 is 0 Å². The Labute approximate surface area is 624 Å². The van der Waals surface area contributed by atoms with Crippen LogP contribution in [0.15, 0.2) is 146 Å². The molecule has 0 amide bonds. The molecule has 4 heterocycles. The Balaban J connectivity index is 0.000000462. The van der Waals surface area contributed by atoms with Gasteiger partial charge in [-0.15, -0.1) is 40.8 Å². The summed E-state index contributed by atoms with van der Waals surface area (Å²) in [7, 11) is -9.33. The lowest BCUT2D eigenvalue weighted by Crippen LogP contribution is -2.42. The van der Waals surface area contributed by atoms with Crippen molar-refractivity contribution in [1.29, 1.82) is 0 Å². The van der Waals surface area contributed by atoms with Crippen molar-refractivity contribution >= 4 is 44.1 Å². The van der Waals surface area contributed by atoms with Gasteiger partial charge in [0.25, 0.3) is 0 Å². The van der Waals surface area contributed by atoms with Crippen molar-refractivity contribution in [3.8, 4) is 68.0 Å². The average molecular weight is 1540 g/mol. The number of aliphatic hydroxyl groups is 4. The molecule has 4 unspecified atom stereocenters. The molecule has 0 aliphatic rings. The summed E-state index contributed by atoms with van der Waals surface area (Å²) >= 11 is 0. The molecule has 4 aromatic heterocycles. The molecule has 0 saturated heterocycles. The van der Waals surface area contributed by atoms with E-state index in [2.05, 4.69) is 167 Å². The molecule has 0 spiro atoms. The molecule has 592 valence electrons. The number of β-amino-alcohol motifs (C(OH)–C–C–N with tert-alkyl or cyclic N) is 4. The van der Waals surface area contributed by atoms with Crippen LogP contribution in [0.2, 0.25) is 0 Å². The van der Waals surface area contributed by atoms with Crippen molar-refractivity contribution in [3.05, 3.63) is 146 Å². The highest BCUT2D eigenvalue weighted by Crippen LogP contribution is 2.32. The quantitative estimate of drug-likeness (QED) is 0.0186. The zero-order valence-corrected chi connectivity index (χ0v) is 63.5. The van der Waals surface area contributed by atoms with E-state index < -0.39 is 45.2 Å². The monoisotopic (exact) mass is 1540 g/mol. The second-order valence-electron chi connectivity index (χ2n) is 27.1. The average Bonchev–Trinajstić information content (AvgIpc) is 0.854. The molecule has 0 bridgehead atoms. The minimum Gasteiger partial charge on any atom is -0.490 e. The number of nitrogens with zero attached hydrogens (tertiary/aromatic N) is 8. The highest BCUT2D eigenvalue weighted by Gasteiger charge is 2.20. The first kappa shape index (κ1) is 93.9. The molecule has 8 rings (SSSR count). The SMILES string of the molecule is CC(C)(C)NCC(O)COc1ccccc1-c1ccc(NN)nn1.CC(C)(C)NCC(O)COc1ccccc1-c1ccc(NN)nn1.CC(C)(C)NCC(O)COc1ccccc1-c1ccc(NN)nn1.CC(C)(C)NCC(O)COc1ccccc1-c1ccc(NN)nn1.O.O=S(=O)(O)O.O=S(=O)(O)O. The predicted octanol–water partition coefficient (Wildman–Crippen LogP) is 4.10. The molecule has 4 atom stereocenters. The van der Waals surface area contributed by atoms with Crippen molar-refractivity contribution in [2.45, 2.75) is 130 Å². The number of nitrogen functional groups attached to an aromatic ring is 4. The molecular weight excluding hydrogens is 1430 g/mol. The van der Waals surface area contributed by atoms with E-state index in [1.165, 1.54) is 0 Å². The first-order chi connectivity index (χ1) is 49.5. The highest BCUT2D eigenvalue weighted by atomic mass is 32.3. The molecule has 8 aromatic rings. The van der Waals surface area contributed by atoms with Crippen LogP contribution in [0.5, 0.6) is 23.0 Å². The topological polar surface area (TPSA) is 602 Å². The van der Waals surface area contributed by atoms with E-state index in [9.17, 15) is 20.4 Å². The number of hydrazine groups is 4. The summed E-state index contributed by atoms with van der Waals surface area (Å²) in [5.41, 5.74) is 15.5. The summed E-state index contributed by atoms with van der Waals surface area (Å²) in [6, 6.07) is 44.2. The number of anilines is 4. The van der Waals surface area contributed by atoms with E-state index in [1.54, 1.807) is 24.3 Å². The Kier molecular flexibility index (Phi) is 40.5. The van der Waals surface area contributed by atoms with Crippen molar-refractivity contribution in [1.82, 2.24) is 62.1 Å². The van der Waals surface area contributed by atoms with Crippen LogP contribution in [0.3, 0.4) is 0 Å². The third kappa shape index (κ3) is 42.7. The van der Waals surface area contributed by atoms with E-state index in [-0.39, 0.29) is 54.1 Å². The first-order valence-corrected chi connectivity index (χ1v) is 35.6. The summed E-state index contributed by atoms with van der Waals surface area (Å²) in [5.74, 6) is 25.7. The molecule has 26 N–H and O–H groups in total. The lowest BCUT2D eigenvalue weighted by atomic mass is 10.1. The van der Waals surface area contributed by atoms with Gasteiger partial charge in [0, 0.05) is 70.6 Å². The molecule has 0 radical (unpaired) electrons. The lowest BCUT2D eigenvalue weighted by molar-refractivity contribution is 0.100. The minimum atomic E-state index is -4.67. The number of ether oxygens (including phenoxy) is 4. The normalized spacial score (nSPS) is 12.5. The maximum absolute atomic E-state index is 10.1. The van der Waals surface area contributed by atoms with Gasteiger partial charge in [-0.3, -0.25) is 18.2 Å². The third-order valence-electron chi connectivity index (χ3n) is 13.1. The van der Waals surface area contributed by atoms with Gasteiger partial charge >= 0.3 is 20.8 Å². The van der Waals surface area contributed by atoms with Crippen LogP contribution in [-0.4, -0.2) is 201 Å². The van der Waals surface area contributed by atoms with Gasteiger partial charge in [0.2, 0.25) is 0 Å². The van der Waals surface area contributed by atoms with Crippen LogP contribution in [0.4, 0.5) is 23.3 Å². The Bertz CT molecular complexity index is 3530. The Morgan fingerprint density at radius 1 is 0.318 bits per heavy atom. The standard InChI is InChI=1S/4C17H25N5O2.2H2O4S.H2O/c4*1-17(2,3)19-10-12(23)11-24-15-7-5-4-6-13(15)14-8-9-16(20-18)22-21-14;2*1-5(2,3)4;/h4*4-9,12,19,23H,10-11,18H2,1-3H3,(H,20,22);2*(H2,1,2,3,4);1H2. The second kappa shape index (κ2) is 46.1. The molecular formula is C68H106N20O17S2. The number of para-hydroxylation sites is 4. The van der Waals surface area contributed by atoms with Gasteiger partial charge in [-0.2, -0.15) is 16.8 Å². The van der Waals surface area contributed by atoms with Crippen LogP contribution < -0.4 is 85.3 Å². The molecule has 107 heavy (non-hydrogen) atoms. The number of aromatic nitrogens is 8. The predicted molar refractivity (Wildman–Crippen MR) is 410 cm³/mol. The summed E-state index contributed by atoms with van der Waals surface area (Å²) in [6.45, 7) is 27.2. The molecule has 4 aromatic carbocycles. The Morgan fingerprint density at radius 2 is 0.486 bits per heavy atom. The van der Waals surface area contributed by atoms with Crippen molar-refractivity contribution in [2.75, 3.05) is 74.3 Å². The van der Waals surface area contributed by atoms with Gasteiger partial charge < -0.3 is 87.8 Å². The molecule has 0 saturated carbocycles. The van der Waals surface area contributed by atoms with Crippen molar-refractivity contribution < 1.29 is 79.9 Å². The molecule has 39 heteroatoms. The summed E-state index contributed by atoms with van der Waals surface area (Å²) in [6.07, 6.45) is -2.42. The fourth-order valence-corrected chi connectivity index (χ4v) is 8.10. The largest absolute Gasteiger partial charge is 0.490 e. The smallest absolute Gasteiger partial charge is 0.394 e. The zero-order chi connectivity index (χ0) is 79.3. The minimum absolute atomic E-state index is 0. The van der Waals surface area contributed by atoms with Crippen LogP contribution in [0.25, 0.3) is 45.0 Å². The van der Waals surface area contributed by atoms with E-state index in [1.807, 2.05) is 121 Å². The summed E-state index contributed by atoms with van der Waals surface area (Å²) in [4.78, 5) is 0. The number of rotatable bonds is 28. The number of hydrogen-bond donors (Lipinski definition) is 20. The molecule has 0 aliphatic heterocycles. The van der Waals surface area contributed by atoms with Crippen LogP contribution in [0.1, 0.15) is 83.1 Å². The van der Waals surface area contributed by atoms with Crippen molar-refractivity contribution in [2.24, 2.45) is 23.4 Å². The fraction of sp³-hybridized carbons (Fsp3) is 0.412. The number of nitrogens with one attached hydrogen (secondary N) is 8. The zero-order valence-electron chi connectivity index (χ0n) is 61.9. The van der Waals surface area contributed by atoms with Gasteiger partial charge in [-0.05, 0) is 180 Å². The summed E-state index contributed by atoms with van der Waals surface area (Å²) < 4.78 is 86.3. The Hall–Kier alpha value is -9.18. The summed E-state index contributed by atoms with van der Waals surface area (Å²) in [5, 5.41) is 85.6. The van der Waals surface area contributed by atoms with Gasteiger partial charge in [-0.25, -0.2) is 23.4 Å². The number of benzene rings is 4. The van der Waals surface area contributed by atoms with E-state index in [0.29, 0.717) is 95.2 Å². The highest BCUT2D eigenvalue weighted by molar-refractivity contribution is 7.80. The molecule has 0 aliphatic carbocycles. The van der Waals surface area contributed by atoms with Crippen LogP contribution in [0, 0.1) is 0 Å². The maximum Gasteiger partial charge on any atom is 0.394 e. The van der Waals surface area contributed by atoms with Gasteiger partial charge in [0.05, 0.1) is 22.8 Å². The van der Waals surface area contributed by atoms with Gasteiger partial charge in [0.1, 0.15) is 73.8 Å². The van der Waals surface area contributed by atoms with E-state index in [0.717, 1.165) is 22.3 Å². The number of hydrogen-bond acceptors (Lipinski definition) is 32. The van der Waals surface area contributed by atoms with Gasteiger partial charge in [-0.1, -0.05) is 48.5 Å². The van der Waals surface area contributed by atoms with E-state index in [4.69, 9.17) is 77.4 Å². The fourth-order valence-electron chi connectivity index (χ4n) is 8.10. The third-order valence-corrected chi connectivity index (χ3v) is 13.1. The number of aliphatic hydroxyl groups excluding tert-OH is 4. The molecule has 37 nitrogen and oxygen atoms in total. The molecule has 0 fully saturated rings. The lowest BCUT2D eigenvalue weighted by Gasteiger charge is -2.23. The second-order valence-corrected chi connectivity index (χ2v) is 28.8. The Morgan fingerprint density at radius 3 is 0.626 bits per heavy atom. The first-order valence-electron chi connectivity index (χ1n) is 32.8. The van der Waals surface area contributed by atoms with Crippen LogP contribution in [-0.2, 0) is 20.8 Å². The van der Waals surface area contributed by atoms with Gasteiger partial charge in [0.15, 0.2) is 23.3 Å².